The van der Waals surface area contributed by atoms with E-state index in [1.807, 2.05) is 0 Å². The fourth-order valence-corrected chi connectivity index (χ4v) is 3.38. The molecule has 3 heteroatoms. The van der Waals surface area contributed by atoms with Gasteiger partial charge in [-0.1, -0.05) is 18.9 Å². The van der Waals surface area contributed by atoms with E-state index >= 15 is 0 Å². The number of rotatable bonds is 2. The largest absolute Gasteiger partial charge is 0.495 e. The Kier molecular flexibility index (Phi) is 3.50. The Morgan fingerprint density at radius 3 is 2.41 bits per heavy atom. The zero-order valence-corrected chi connectivity index (χ0v) is 12.4. The van der Waals surface area contributed by atoms with Crippen LogP contribution in [0.1, 0.15) is 42.4 Å². The van der Waals surface area contributed by atoms with Crippen LogP contribution in [0.4, 0.5) is 0 Å². The molecule has 1 aliphatic carbocycles. The molecule has 1 aliphatic rings. The molecular weight excluding hydrogens is 278 g/mol. The molecule has 0 unspecified atom stereocenters. The highest BCUT2D eigenvalue weighted by Gasteiger charge is 2.35. The summed E-state index contributed by atoms with van der Waals surface area (Å²) >= 11 is 3.63. The van der Waals surface area contributed by atoms with Crippen molar-refractivity contribution in [3.8, 4) is 5.75 Å². The normalized spacial score (nSPS) is 18.4. The molecule has 2 nitrogen and oxygen atoms in total. The Hall–Kier alpha value is -0.540. The first-order valence-corrected chi connectivity index (χ1v) is 6.92. The molecule has 2 rings (SSSR count). The van der Waals surface area contributed by atoms with Crippen LogP contribution in [-0.2, 0) is 5.54 Å². The van der Waals surface area contributed by atoms with Crippen LogP contribution in [0.15, 0.2) is 10.5 Å². The highest BCUT2D eigenvalue weighted by atomic mass is 79.9. The average Bonchev–Trinajstić information content (AvgIpc) is 2.74. The fraction of sp³-hybridized carbons (Fsp3) is 0.571. The summed E-state index contributed by atoms with van der Waals surface area (Å²) in [7, 11) is 1.72. The van der Waals surface area contributed by atoms with Gasteiger partial charge in [-0.05, 0) is 53.7 Å². The predicted octanol–water partition coefficient (Wildman–Crippen LogP) is 3.80. The summed E-state index contributed by atoms with van der Waals surface area (Å²) in [6.07, 6.45) is 4.53. The quantitative estimate of drug-likeness (QED) is 0.901. The number of hydrogen-bond acceptors (Lipinski definition) is 2. The van der Waals surface area contributed by atoms with Crippen LogP contribution in [0.2, 0.25) is 0 Å². The average molecular weight is 298 g/mol. The van der Waals surface area contributed by atoms with E-state index in [1.54, 1.807) is 7.11 Å². The van der Waals surface area contributed by atoms with E-state index in [2.05, 4.69) is 35.8 Å². The number of nitrogens with two attached hydrogens (primary N) is 1. The fourth-order valence-electron chi connectivity index (χ4n) is 2.70. The first-order chi connectivity index (χ1) is 7.99. The first-order valence-electron chi connectivity index (χ1n) is 6.12. The van der Waals surface area contributed by atoms with Crippen LogP contribution in [0, 0.1) is 13.8 Å². The summed E-state index contributed by atoms with van der Waals surface area (Å²) in [6, 6.07) is 2.20. The topological polar surface area (TPSA) is 35.2 Å². The zero-order valence-electron chi connectivity index (χ0n) is 10.8. The van der Waals surface area contributed by atoms with E-state index in [4.69, 9.17) is 10.5 Å². The molecule has 0 radical (unpaired) electrons. The van der Waals surface area contributed by atoms with Crippen molar-refractivity contribution in [2.24, 2.45) is 5.73 Å². The van der Waals surface area contributed by atoms with E-state index in [-0.39, 0.29) is 5.54 Å². The molecule has 0 amide bonds. The minimum atomic E-state index is -0.202. The van der Waals surface area contributed by atoms with Gasteiger partial charge in [0, 0.05) is 11.1 Å². The van der Waals surface area contributed by atoms with Gasteiger partial charge in [0.25, 0.3) is 0 Å². The number of halogens is 1. The lowest BCUT2D eigenvalue weighted by molar-refractivity contribution is 0.376. The van der Waals surface area contributed by atoms with E-state index in [0.29, 0.717) is 0 Å². The molecule has 1 aromatic carbocycles. The first kappa shape index (κ1) is 12.9. The van der Waals surface area contributed by atoms with E-state index in [9.17, 15) is 0 Å². The molecule has 0 spiro atoms. The van der Waals surface area contributed by atoms with Gasteiger partial charge in [-0.3, -0.25) is 0 Å². The van der Waals surface area contributed by atoms with Crippen LogP contribution >= 0.6 is 15.9 Å². The predicted molar refractivity (Wildman–Crippen MR) is 74.5 cm³/mol. The highest BCUT2D eigenvalue weighted by Crippen LogP contribution is 2.45. The van der Waals surface area contributed by atoms with E-state index in [1.165, 1.54) is 24.0 Å². The molecule has 0 aromatic heterocycles. The number of methoxy groups -OCH3 is 1. The number of hydrogen-bond donors (Lipinski definition) is 1. The number of aryl methyl sites for hydroxylation is 1. The summed E-state index contributed by atoms with van der Waals surface area (Å²) < 4.78 is 6.61. The summed E-state index contributed by atoms with van der Waals surface area (Å²) in [5, 5.41) is 0. The van der Waals surface area contributed by atoms with Gasteiger partial charge in [0.05, 0.1) is 11.6 Å². The second-order valence-corrected chi connectivity index (χ2v) is 5.87. The van der Waals surface area contributed by atoms with Crippen LogP contribution in [0.5, 0.6) is 5.75 Å². The lowest BCUT2D eigenvalue weighted by Gasteiger charge is -2.28. The van der Waals surface area contributed by atoms with Crippen molar-refractivity contribution in [1.29, 1.82) is 0 Å². The third-order valence-corrected chi connectivity index (χ3v) is 4.92. The zero-order chi connectivity index (χ0) is 12.6. The standard InChI is InChI=1S/C14H20BrNO/c1-9-8-11(14(16)6-4-5-7-14)13(17-3)12(15)10(9)2/h8H,4-7,16H2,1-3H3. The maximum absolute atomic E-state index is 6.54. The molecule has 1 fully saturated rings. The molecule has 0 heterocycles. The van der Waals surface area contributed by atoms with Crippen molar-refractivity contribution in [2.45, 2.75) is 45.1 Å². The van der Waals surface area contributed by atoms with Crippen molar-refractivity contribution in [3.05, 3.63) is 27.2 Å². The molecule has 0 saturated heterocycles. The highest BCUT2D eigenvalue weighted by molar-refractivity contribution is 9.10. The van der Waals surface area contributed by atoms with Gasteiger partial charge in [0.15, 0.2) is 0 Å². The van der Waals surface area contributed by atoms with Gasteiger partial charge < -0.3 is 10.5 Å². The second kappa shape index (κ2) is 4.62. The lowest BCUT2D eigenvalue weighted by atomic mass is 9.86. The van der Waals surface area contributed by atoms with Crippen LogP contribution < -0.4 is 10.5 Å². The van der Waals surface area contributed by atoms with Crippen molar-refractivity contribution >= 4 is 15.9 Å². The van der Waals surface area contributed by atoms with Crippen molar-refractivity contribution in [1.82, 2.24) is 0 Å². The maximum atomic E-state index is 6.54. The molecular formula is C14H20BrNO. The monoisotopic (exact) mass is 297 g/mol. The van der Waals surface area contributed by atoms with Crippen LogP contribution in [0.3, 0.4) is 0 Å². The SMILES string of the molecule is COc1c(C2(N)CCCC2)cc(C)c(C)c1Br. The van der Waals surface area contributed by atoms with Crippen molar-refractivity contribution < 1.29 is 4.74 Å². The summed E-state index contributed by atoms with van der Waals surface area (Å²) in [5.74, 6) is 0.914. The van der Waals surface area contributed by atoms with Gasteiger partial charge in [0.1, 0.15) is 5.75 Å². The minimum absolute atomic E-state index is 0.202. The molecule has 1 aromatic rings. The Balaban J connectivity index is 2.60. The molecule has 17 heavy (non-hydrogen) atoms. The third-order valence-electron chi connectivity index (χ3n) is 3.96. The van der Waals surface area contributed by atoms with Gasteiger partial charge >= 0.3 is 0 Å². The Labute approximate surface area is 112 Å². The molecule has 0 bridgehead atoms. The van der Waals surface area contributed by atoms with Crippen LogP contribution in [0.25, 0.3) is 0 Å². The van der Waals surface area contributed by atoms with Gasteiger partial charge in [-0.25, -0.2) is 0 Å². The smallest absolute Gasteiger partial charge is 0.138 e. The van der Waals surface area contributed by atoms with Crippen molar-refractivity contribution in [3.63, 3.8) is 0 Å². The number of ether oxygens (including phenoxy) is 1. The Morgan fingerprint density at radius 1 is 1.29 bits per heavy atom. The number of benzene rings is 1. The summed E-state index contributed by atoms with van der Waals surface area (Å²) in [6.45, 7) is 4.23. The van der Waals surface area contributed by atoms with Gasteiger partial charge in [-0.2, -0.15) is 0 Å². The Bertz CT molecular complexity index is 436. The van der Waals surface area contributed by atoms with Crippen LogP contribution in [-0.4, -0.2) is 7.11 Å². The van der Waals surface area contributed by atoms with E-state index in [0.717, 1.165) is 28.6 Å². The third kappa shape index (κ3) is 2.11. The summed E-state index contributed by atoms with van der Waals surface area (Å²) in [5.41, 5.74) is 10.00. The van der Waals surface area contributed by atoms with E-state index < -0.39 is 0 Å². The minimum Gasteiger partial charge on any atom is -0.495 e. The van der Waals surface area contributed by atoms with Gasteiger partial charge in [-0.15, -0.1) is 0 Å². The maximum Gasteiger partial charge on any atom is 0.138 e. The molecule has 1 saturated carbocycles. The summed E-state index contributed by atoms with van der Waals surface area (Å²) in [4.78, 5) is 0. The second-order valence-electron chi connectivity index (χ2n) is 5.08. The lowest BCUT2D eigenvalue weighted by Crippen LogP contribution is -2.33. The molecule has 0 atom stereocenters. The molecule has 2 N–H and O–H groups in total. The Morgan fingerprint density at radius 2 is 1.88 bits per heavy atom. The van der Waals surface area contributed by atoms with Crippen molar-refractivity contribution in [2.75, 3.05) is 7.11 Å². The molecule has 0 aliphatic heterocycles. The van der Waals surface area contributed by atoms with Gasteiger partial charge in [0.2, 0.25) is 0 Å². The molecule has 94 valence electrons.